The number of aromatic amines is 1. The van der Waals surface area contributed by atoms with Crippen LogP contribution >= 0.6 is 23.4 Å². The van der Waals surface area contributed by atoms with Crippen molar-refractivity contribution in [3.63, 3.8) is 0 Å². The van der Waals surface area contributed by atoms with E-state index in [-0.39, 0.29) is 17.8 Å². The van der Waals surface area contributed by atoms with Gasteiger partial charge in [0.05, 0.1) is 15.9 Å². The van der Waals surface area contributed by atoms with Gasteiger partial charge < -0.3 is 30.7 Å². The number of hydrogen-bond acceptors (Lipinski definition) is 11. The first kappa shape index (κ1) is 29.0. The molecule has 4 aromatic rings. The van der Waals surface area contributed by atoms with E-state index in [0.717, 1.165) is 86.9 Å². The summed E-state index contributed by atoms with van der Waals surface area (Å²) < 4.78 is 0. The van der Waals surface area contributed by atoms with Gasteiger partial charge in [-0.05, 0) is 62.8 Å². The Hall–Kier alpha value is -3.10. The van der Waals surface area contributed by atoms with Gasteiger partial charge in [-0.25, -0.2) is 15.0 Å². The molecular formula is C28H36ClN11OS. The largest absolute Gasteiger partial charge is 0.354 e. The molecule has 12 nitrogen and oxygen atoms in total. The number of halogens is 1. The Morgan fingerprint density at radius 3 is 2.74 bits per heavy atom. The molecule has 42 heavy (non-hydrogen) atoms. The molecule has 5 heterocycles. The number of hydrogen-bond donors (Lipinski definition) is 3. The summed E-state index contributed by atoms with van der Waals surface area (Å²) >= 11 is 8.16. The van der Waals surface area contributed by atoms with Crippen LogP contribution in [0.5, 0.6) is 0 Å². The van der Waals surface area contributed by atoms with Crippen molar-refractivity contribution in [2.45, 2.75) is 42.3 Å². The van der Waals surface area contributed by atoms with Crippen LogP contribution in [-0.2, 0) is 6.42 Å². The number of likely N-dealkylation sites (N-methyl/N-ethyl adjacent to an activating group) is 1. The highest BCUT2D eigenvalue weighted by atomic mass is 35.5. The Balaban J connectivity index is 1.17. The Bertz CT molecular complexity index is 1590. The zero-order valence-corrected chi connectivity index (χ0v) is 25.5. The van der Waals surface area contributed by atoms with Crippen molar-refractivity contribution in [2.24, 2.45) is 5.73 Å². The summed E-state index contributed by atoms with van der Waals surface area (Å²) in [7, 11) is 2.15. The summed E-state index contributed by atoms with van der Waals surface area (Å²) in [6.07, 6.45) is 2.54. The molecule has 3 aromatic heterocycles. The number of aromatic nitrogens is 6. The van der Waals surface area contributed by atoms with Gasteiger partial charge in [-0.3, -0.25) is 4.79 Å². The number of nitrogens with two attached hydrogens (primary N) is 1. The fourth-order valence-electron chi connectivity index (χ4n) is 5.40. The first-order chi connectivity index (χ1) is 20.4. The Labute approximate surface area is 253 Å². The van der Waals surface area contributed by atoms with Crippen LogP contribution in [0.4, 0.5) is 5.82 Å². The van der Waals surface area contributed by atoms with Gasteiger partial charge in [-0.2, -0.15) is 0 Å². The quantitative estimate of drug-likeness (QED) is 0.190. The molecule has 0 spiro atoms. The summed E-state index contributed by atoms with van der Waals surface area (Å²) in [6.45, 7) is 9.41. The van der Waals surface area contributed by atoms with Crippen LogP contribution in [0.1, 0.15) is 36.1 Å². The molecule has 2 fully saturated rings. The second kappa shape index (κ2) is 12.6. The van der Waals surface area contributed by atoms with E-state index in [1.807, 2.05) is 18.2 Å². The number of piperazine rings is 1. The van der Waals surface area contributed by atoms with Gasteiger partial charge >= 0.3 is 0 Å². The number of rotatable bonds is 9. The molecular weight excluding hydrogens is 574 g/mol. The minimum absolute atomic E-state index is 0.0581. The molecule has 2 saturated heterocycles. The summed E-state index contributed by atoms with van der Waals surface area (Å²) in [6, 6.07) is 5.76. The van der Waals surface area contributed by atoms with E-state index in [1.165, 1.54) is 11.8 Å². The van der Waals surface area contributed by atoms with Crippen molar-refractivity contribution in [2.75, 3.05) is 64.3 Å². The molecule has 6 rings (SSSR count). The predicted octanol–water partition coefficient (Wildman–Crippen LogP) is 2.57. The molecule has 0 unspecified atom stereocenters. The van der Waals surface area contributed by atoms with E-state index >= 15 is 0 Å². The zero-order chi connectivity index (χ0) is 29.2. The lowest BCUT2D eigenvalue weighted by atomic mass is 10.3. The molecule has 1 atom stereocenters. The monoisotopic (exact) mass is 609 g/mol. The molecule has 0 radical (unpaired) electrons. The van der Waals surface area contributed by atoms with Gasteiger partial charge in [0.2, 0.25) is 5.82 Å². The molecule has 222 valence electrons. The fourth-order valence-corrected chi connectivity index (χ4v) is 6.54. The van der Waals surface area contributed by atoms with Crippen LogP contribution in [-0.4, -0.2) is 111 Å². The number of aryl methyl sites for hydroxylation is 1. The normalized spacial score (nSPS) is 18.4. The maximum Gasteiger partial charge on any atom is 0.291 e. The molecule has 4 N–H and O–H groups in total. The molecule has 1 aromatic carbocycles. The van der Waals surface area contributed by atoms with Crippen molar-refractivity contribution in [1.29, 1.82) is 0 Å². The minimum Gasteiger partial charge on any atom is -0.354 e. The number of fused-ring (bicyclic) bond motifs is 2. The maximum absolute atomic E-state index is 12.8. The van der Waals surface area contributed by atoms with E-state index in [1.54, 1.807) is 0 Å². The van der Waals surface area contributed by atoms with E-state index < -0.39 is 0 Å². The lowest BCUT2D eigenvalue weighted by Crippen LogP contribution is -2.45. The van der Waals surface area contributed by atoms with Crippen LogP contribution in [0.15, 0.2) is 28.3 Å². The molecule has 1 amide bonds. The fraction of sp³-hybridized carbons (Fsp3) is 0.500. The lowest BCUT2D eigenvalue weighted by Gasteiger charge is -2.32. The van der Waals surface area contributed by atoms with Gasteiger partial charge in [0.15, 0.2) is 5.16 Å². The Morgan fingerprint density at radius 2 is 1.98 bits per heavy atom. The van der Waals surface area contributed by atoms with Crippen LogP contribution < -0.4 is 16.0 Å². The number of carbonyl (C=O) groups is 1. The zero-order valence-electron chi connectivity index (χ0n) is 23.9. The van der Waals surface area contributed by atoms with E-state index in [0.29, 0.717) is 33.4 Å². The van der Waals surface area contributed by atoms with Crippen molar-refractivity contribution >= 4 is 57.2 Å². The SMILES string of the molecule is CCc1[nH]c2nc(Sc3ccc4nnc(C(=O)NCCCN5CCN(C)CC5)nc4c3)nc(N3CC[C@@H](N)C3)c2c1Cl. The van der Waals surface area contributed by atoms with Gasteiger partial charge in [-0.15, -0.1) is 10.2 Å². The third-order valence-corrected chi connectivity index (χ3v) is 9.14. The Kier molecular flexibility index (Phi) is 8.72. The highest BCUT2D eigenvalue weighted by Crippen LogP contribution is 2.37. The number of amides is 1. The standard InChI is InChI=1S/C28H36ClN11OS/c1-3-19-23(29)22-24(32-19)34-28(35-26(22)40-10-7-17(30)16-40)42-18-5-6-20-21(15-18)33-25(37-36-20)27(41)31-8-4-9-39-13-11-38(2)12-14-39/h5-6,15,17H,3-4,7-14,16,30H2,1-2H3,(H,31,41)(H,32,34,35)/t17-/m1/s1. The van der Waals surface area contributed by atoms with E-state index in [2.05, 4.69) is 54.2 Å². The molecule has 2 aliphatic rings. The van der Waals surface area contributed by atoms with Crippen LogP contribution in [0, 0.1) is 0 Å². The van der Waals surface area contributed by atoms with Crippen LogP contribution in [0.2, 0.25) is 5.02 Å². The van der Waals surface area contributed by atoms with Crippen LogP contribution in [0.3, 0.4) is 0 Å². The molecule has 0 bridgehead atoms. The third-order valence-electron chi connectivity index (χ3n) is 7.87. The van der Waals surface area contributed by atoms with Crippen molar-refractivity contribution in [3.8, 4) is 0 Å². The summed E-state index contributed by atoms with van der Waals surface area (Å²) in [5.74, 6) is 0.536. The first-order valence-electron chi connectivity index (χ1n) is 14.5. The number of nitrogens with zero attached hydrogens (tertiary/aromatic N) is 8. The van der Waals surface area contributed by atoms with Gasteiger partial charge in [0.25, 0.3) is 5.91 Å². The smallest absolute Gasteiger partial charge is 0.291 e. The highest BCUT2D eigenvalue weighted by Gasteiger charge is 2.26. The lowest BCUT2D eigenvalue weighted by molar-refractivity contribution is 0.0938. The third kappa shape index (κ3) is 6.30. The summed E-state index contributed by atoms with van der Waals surface area (Å²) in [5, 5.41) is 13.3. The molecule has 2 aliphatic heterocycles. The number of H-pyrrole nitrogens is 1. The number of benzene rings is 1. The predicted molar refractivity (Wildman–Crippen MR) is 165 cm³/mol. The number of nitrogens with one attached hydrogen (secondary N) is 2. The highest BCUT2D eigenvalue weighted by molar-refractivity contribution is 7.99. The van der Waals surface area contributed by atoms with Gasteiger partial charge in [-0.1, -0.05) is 18.5 Å². The second-order valence-corrected chi connectivity index (χ2v) is 12.4. The summed E-state index contributed by atoms with van der Waals surface area (Å²) in [5.41, 5.74) is 9.05. The van der Waals surface area contributed by atoms with Crippen LogP contribution in [0.25, 0.3) is 22.1 Å². The average Bonchev–Trinajstić information content (AvgIpc) is 3.57. The molecule has 0 saturated carbocycles. The molecule has 0 aliphatic carbocycles. The van der Waals surface area contributed by atoms with Crippen molar-refractivity contribution in [3.05, 3.63) is 34.7 Å². The Morgan fingerprint density at radius 1 is 1.14 bits per heavy atom. The van der Waals surface area contributed by atoms with E-state index in [9.17, 15) is 4.79 Å². The van der Waals surface area contributed by atoms with Gasteiger partial charge in [0.1, 0.15) is 17.0 Å². The maximum atomic E-state index is 12.8. The molecule has 14 heteroatoms. The second-order valence-electron chi connectivity index (χ2n) is 11.0. The number of carbonyl (C=O) groups excluding carboxylic acids is 1. The topological polar surface area (TPSA) is 145 Å². The van der Waals surface area contributed by atoms with E-state index in [4.69, 9.17) is 27.3 Å². The van der Waals surface area contributed by atoms with Crippen molar-refractivity contribution in [1.82, 2.24) is 45.2 Å². The average molecular weight is 610 g/mol. The summed E-state index contributed by atoms with van der Waals surface area (Å²) in [4.78, 5) is 38.2. The number of anilines is 1. The van der Waals surface area contributed by atoms with Crippen molar-refractivity contribution < 1.29 is 4.79 Å². The van der Waals surface area contributed by atoms with Gasteiger partial charge in [0, 0.05) is 62.4 Å². The first-order valence-corrected chi connectivity index (χ1v) is 15.7. The minimum atomic E-state index is -0.321.